The zero-order valence-corrected chi connectivity index (χ0v) is 17.8. The van der Waals surface area contributed by atoms with E-state index in [1.807, 2.05) is 30.0 Å². The van der Waals surface area contributed by atoms with E-state index in [-0.39, 0.29) is 23.8 Å². The summed E-state index contributed by atoms with van der Waals surface area (Å²) in [5, 5.41) is 9.49. The summed E-state index contributed by atoms with van der Waals surface area (Å²) in [6.45, 7) is 4.16. The molecular formula is C22H29N5O4. The molecule has 2 amide bonds. The highest BCUT2D eigenvalue weighted by molar-refractivity contribution is 5.77. The molecule has 0 bridgehead atoms. The number of carbonyl (C=O) groups is 2. The Kier molecular flexibility index (Phi) is 6.39. The van der Waals surface area contributed by atoms with Gasteiger partial charge in [-0.1, -0.05) is 0 Å². The van der Waals surface area contributed by atoms with Crippen molar-refractivity contribution in [1.29, 1.82) is 0 Å². The number of nitrogens with one attached hydrogen (secondary N) is 2. The lowest BCUT2D eigenvalue weighted by Crippen LogP contribution is -2.42. The molecule has 3 heterocycles. The van der Waals surface area contributed by atoms with Gasteiger partial charge in [-0.3, -0.25) is 14.9 Å². The van der Waals surface area contributed by atoms with Crippen molar-refractivity contribution >= 4 is 12.0 Å². The number of piperidine rings is 1. The number of ether oxygens (including phenoxy) is 2. The first-order chi connectivity index (χ1) is 15.0. The maximum Gasteiger partial charge on any atom is 0.407 e. The van der Waals surface area contributed by atoms with Crippen LogP contribution in [-0.4, -0.2) is 63.9 Å². The van der Waals surface area contributed by atoms with E-state index in [4.69, 9.17) is 9.47 Å². The van der Waals surface area contributed by atoms with Crippen LogP contribution in [0.5, 0.6) is 5.75 Å². The molecule has 2 aromatic rings. The van der Waals surface area contributed by atoms with Crippen molar-refractivity contribution in [2.45, 2.75) is 44.6 Å². The van der Waals surface area contributed by atoms with Crippen molar-refractivity contribution in [1.82, 2.24) is 25.4 Å². The van der Waals surface area contributed by atoms with Crippen molar-refractivity contribution in [2.24, 2.45) is 5.92 Å². The molecule has 2 N–H and O–H groups in total. The number of pyridine rings is 1. The Balaban J connectivity index is 1.17. The van der Waals surface area contributed by atoms with E-state index < -0.39 is 6.09 Å². The van der Waals surface area contributed by atoms with E-state index in [1.54, 1.807) is 12.4 Å². The van der Waals surface area contributed by atoms with Crippen LogP contribution < -0.4 is 10.1 Å². The molecule has 0 unspecified atom stereocenters. The highest BCUT2D eigenvalue weighted by atomic mass is 16.6. The number of alkyl carbamates (subject to hydrolysis) is 1. The second-order valence-corrected chi connectivity index (χ2v) is 8.52. The molecule has 1 saturated heterocycles. The maximum absolute atomic E-state index is 12.5. The van der Waals surface area contributed by atoms with Gasteiger partial charge in [0.05, 0.1) is 24.2 Å². The fraction of sp³-hybridized carbons (Fsp3) is 0.545. The molecule has 4 rings (SSSR count). The Morgan fingerprint density at radius 1 is 1.32 bits per heavy atom. The van der Waals surface area contributed by atoms with Gasteiger partial charge in [-0.25, -0.2) is 4.79 Å². The van der Waals surface area contributed by atoms with E-state index in [9.17, 15) is 9.59 Å². The molecular weight excluding hydrogens is 398 g/mol. The minimum Gasteiger partial charge on any atom is -0.492 e. The quantitative estimate of drug-likeness (QED) is 0.670. The first kappa shape index (κ1) is 21.1. The number of carbonyl (C=O) groups excluding carboxylic acids is 2. The molecule has 9 nitrogen and oxygen atoms in total. The molecule has 31 heavy (non-hydrogen) atoms. The Hall–Kier alpha value is -3.10. The minimum atomic E-state index is -0.440. The number of hydrogen-bond donors (Lipinski definition) is 2. The highest BCUT2D eigenvalue weighted by Gasteiger charge is 2.41. The fourth-order valence-electron chi connectivity index (χ4n) is 3.63. The lowest BCUT2D eigenvalue weighted by molar-refractivity contribution is -0.133. The third-order valence-electron chi connectivity index (χ3n) is 5.77. The number of aromatic amines is 1. The summed E-state index contributed by atoms with van der Waals surface area (Å²) in [6, 6.07) is 5.64. The molecule has 2 fully saturated rings. The zero-order valence-electron chi connectivity index (χ0n) is 17.8. The van der Waals surface area contributed by atoms with Crippen molar-refractivity contribution in [3.8, 4) is 17.1 Å². The van der Waals surface area contributed by atoms with Crippen LogP contribution in [0, 0.1) is 5.92 Å². The number of H-pyrrole nitrogens is 1. The van der Waals surface area contributed by atoms with Crippen LogP contribution >= 0.6 is 0 Å². The van der Waals surface area contributed by atoms with E-state index in [2.05, 4.69) is 20.5 Å². The summed E-state index contributed by atoms with van der Waals surface area (Å²) in [6.07, 6.45) is 7.00. The lowest BCUT2D eigenvalue weighted by atomic mass is 9.98. The Bertz CT molecular complexity index is 880. The second kappa shape index (κ2) is 9.36. The Morgan fingerprint density at radius 2 is 2.19 bits per heavy atom. The average molecular weight is 428 g/mol. The average Bonchev–Trinajstić information content (AvgIpc) is 3.26. The number of hydrogen-bond acceptors (Lipinski definition) is 6. The summed E-state index contributed by atoms with van der Waals surface area (Å²) >= 11 is 0. The van der Waals surface area contributed by atoms with Gasteiger partial charge in [0, 0.05) is 38.2 Å². The van der Waals surface area contributed by atoms with E-state index in [1.165, 1.54) is 0 Å². The number of amides is 2. The van der Waals surface area contributed by atoms with E-state index in [0.717, 1.165) is 43.6 Å². The molecule has 1 atom stereocenters. The molecule has 166 valence electrons. The van der Waals surface area contributed by atoms with Gasteiger partial charge < -0.3 is 19.7 Å². The number of likely N-dealkylation sites (tertiary alicyclic amines) is 1. The molecule has 1 saturated carbocycles. The van der Waals surface area contributed by atoms with Crippen LogP contribution in [-0.2, 0) is 9.53 Å². The van der Waals surface area contributed by atoms with Crippen LogP contribution in [0.1, 0.15) is 39.0 Å². The van der Waals surface area contributed by atoms with Gasteiger partial charge in [0.2, 0.25) is 5.91 Å². The SMILES string of the molecule is CC1(OC(=O)NCCC(=O)N2CCC[C@@H](COc3ccc(-c4ccn[nH]4)nc3)C2)CC1. The van der Waals surface area contributed by atoms with Gasteiger partial charge in [0.1, 0.15) is 11.4 Å². The highest BCUT2D eigenvalue weighted by Crippen LogP contribution is 2.38. The Morgan fingerprint density at radius 3 is 2.90 bits per heavy atom. The molecule has 2 aliphatic rings. The predicted octanol–water partition coefficient (Wildman–Crippen LogP) is 2.76. The third-order valence-corrected chi connectivity index (χ3v) is 5.77. The second-order valence-electron chi connectivity index (χ2n) is 8.52. The van der Waals surface area contributed by atoms with Gasteiger partial charge in [0.15, 0.2) is 0 Å². The standard InChI is InChI=1S/C22H29N5O4/c1-22(8-9-22)31-21(29)23-10-7-20(28)27-12-2-3-16(14-27)15-30-17-4-5-18(24-13-17)19-6-11-25-26-19/h4-6,11,13,16H,2-3,7-10,12,14-15H2,1H3,(H,23,29)(H,25,26)/t16-/m1/s1. The number of aromatic nitrogens is 3. The minimum absolute atomic E-state index is 0.0493. The van der Waals surface area contributed by atoms with E-state index in [0.29, 0.717) is 25.4 Å². The first-order valence-electron chi connectivity index (χ1n) is 10.8. The van der Waals surface area contributed by atoms with Gasteiger partial charge in [-0.05, 0) is 50.8 Å². The zero-order chi connectivity index (χ0) is 21.7. The maximum atomic E-state index is 12.5. The molecule has 0 aromatic carbocycles. The molecule has 1 aliphatic carbocycles. The van der Waals surface area contributed by atoms with Crippen molar-refractivity contribution in [2.75, 3.05) is 26.2 Å². The van der Waals surface area contributed by atoms with Crippen LogP contribution in [0.3, 0.4) is 0 Å². The van der Waals surface area contributed by atoms with Crippen LogP contribution in [0.2, 0.25) is 0 Å². The summed E-state index contributed by atoms with van der Waals surface area (Å²) in [7, 11) is 0. The number of rotatable bonds is 8. The van der Waals surface area contributed by atoms with Crippen molar-refractivity contribution in [3.05, 3.63) is 30.6 Å². The van der Waals surface area contributed by atoms with Crippen LogP contribution in [0.25, 0.3) is 11.4 Å². The van der Waals surface area contributed by atoms with Gasteiger partial charge in [-0.15, -0.1) is 0 Å². The van der Waals surface area contributed by atoms with E-state index >= 15 is 0 Å². The van der Waals surface area contributed by atoms with Gasteiger partial charge >= 0.3 is 6.09 Å². The van der Waals surface area contributed by atoms with Crippen molar-refractivity contribution in [3.63, 3.8) is 0 Å². The lowest BCUT2D eigenvalue weighted by Gasteiger charge is -2.32. The summed E-state index contributed by atoms with van der Waals surface area (Å²) in [4.78, 5) is 30.5. The third kappa shape index (κ3) is 5.96. The summed E-state index contributed by atoms with van der Waals surface area (Å²) < 4.78 is 11.2. The van der Waals surface area contributed by atoms with Crippen molar-refractivity contribution < 1.29 is 19.1 Å². The molecule has 1 aliphatic heterocycles. The molecule has 2 aromatic heterocycles. The summed E-state index contributed by atoms with van der Waals surface area (Å²) in [5.74, 6) is 1.03. The normalized spacial score (nSPS) is 19.5. The largest absolute Gasteiger partial charge is 0.492 e. The van der Waals surface area contributed by atoms with Gasteiger partial charge in [0.25, 0.3) is 0 Å². The first-order valence-corrected chi connectivity index (χ1v) is 10.8. The smallest absolute Gasteiger partial charge is 0.407 e. The Labute approximate surface area is 181 Å². The monoisotopic (exact) mass is 427 g/mol. The number of nitrogens with zero attached hydrogens (tertiary/aromatic N) is 3. The topological polar surface area (TPSA) is 109 Å². The predicted molar refractivity (Wildman–Crippen MR) is 113 cm³/mol. The summed E-state index contributed by atoms with van der Waals surface area (Å²) in [5.41, 5.74) is 1.36. The fourth-order valence-corrected chi connectivity index (χ4v) is 3.63. The van der Waals surface area contributed by atoms with Crippen LogP contribution in [0.15, 0.2) is 30.6 Å². The molecule has 0 spiro atoms. The molecule has 0 radical (unpaired) electrons. The molecule has 9 heteroatoms. The van der Waals surface area contributed by atoms with Gasteiger partial charge in [-0.2, -0.15) is 5.10 Å². The van der Waals surface area contributed by atoms with Crippen LogP contribution in [0.4, 0.5) is 4.79 Å².